The number of β-amino-alcohol motifs (C(OH)–C–C–N with tert-alkyl or cyclic N) is 1. The van der Waals surface area contributed by atoms with Gasteiger partial charge < -0.3 is 15.3 Å². The van der Waals surface area contributed by atoms with E-state index in [1.54, 1.807) is 24.3 Å². The van der Waals surface area contributed by atoms with Crippen LogP contribution in [0.2, 0.25) is 0 Å². The molecule has 2 aliphatic carbocycles. The maximum Gasteiger partial charge on any atom is 0.115 e. The number of nitrogens with zero attached hydrogens (tertiary/aromatic N) is 1. The Labute approximate surface area is 156 Å². The SMILES string of the molecule is Oc1ccc(C(O)CN2CC3CC(O)(CC4CCCCC4)CC3C2)cc1. The first kappa shape index (κ1) is 18.3. The molecule has 4 heteroatoms. The molecule has 4 rings (SSSR count). The molecular weight excluding hydrogens is 326 g/mol. The van der Waals surface area contributed by atoms with Crippen LogP contribution in [0.5, 0.6) is 5.75 Å². The van der Waals surface area contributed by atoms with Gasteiger partial charge in [-0.1, -0.05) is 44.2 Å². The Morgan fingerprint density at radius 3 is 2.23 bits per heavy atom. The third-order valence-electron chi connectivity index (χ3n) is 7.04. The number of phenols is 1. The van der Waals surface area contributed by atoms with E-state index in [4.69, 9.17) is 0 Å². The van der Waals surface area contributed by atoms with Crippen LogP contribution in [-0.2, 0) is 0 Å². The number of fused-ring (bicyclic) bond motifs is 1. The van der Waals surface area contributed by atoms with Gasteiger partial charge in [-0.05, 0) is 54.7 Å². The van der Waals surface area contributed by atoms with E-state index < -0.39 is 11.7 Å². The second kappa shape index (κ2) is 7.49. The second-order valence-electron chi connectivity index (χ2n) is 9.19. The van der Waals surface area contributed by atoms with Crippen molar-refractivity contribution in [2.45, 2.75) is 63.1 Å². The van der Waals surface area contributed by atoms with Crippen molar-refractivity contribution in [2.75, 3.05) is 19.6 Å². The molecule has 0 radical (unpaired) electrons. The normalized spacial score (nSPS) is 34.1. The molecule has 1 aliphatic heterocycles. The lowest BCUT2D eigenvalue weighted by atomic mass is 9.79. The monoisotopic (exact) mass is 359 g/mol. The van der Waals surface area contributed by atoms with Gasteiger partial charge in [0.05, 0.1) is 11.7 Å². The van der Waals surface area contributed by atoms with Crippen molar-refractivity contribution in [3.63, 3.8) is 0 Å². The third kappa shape index (κ3) is 4.08. The number of rotatable bonds is 5. The van der Waals surface area contributed by atoms with E-state index in [1.807, 2.05) is 0 Å². The molecule has 1 aromatic rings. The van der Waals surface area contributed by atoms with E-state index in [0.717, 1.165) is 43.8 Å². The molecule has 3 fully saturated rings. The zero-order valence-electron chi connectivity index (χ0n) is 15.7. The predicted octanol–water partition coefficient (Wildman–Crippen LogP) is 3.47. The quantitative estimate of drug-likeness (QED) is 0.753. The summed E-state index contributed by atoms with van der Waals surface area (Å²) in [5.41, 5.74) is 0.424. The fourth-order valence-electron chi connectivity index (χ4n) is 5.85. The molecule has 144 valence electrons. The van der Waals surface area contributed by atoms with Crippen molar-refractivity contribution in [1.82, 2.24) is 4.90 Å². The molecule has 0 aromatic heterocycles. The number of aliphatic hydroxyl groups is 2. The topological polar surface area (TPSA) is 63.9 Å². The van der Waals surface area contributed by atoms with Gasteiger partial charge in [0, 0.05) is 19.6 Å². The van der Waals surface area contributed by atoms with E-state index in [0.29, 0.717) is 18.4 Å². The van der Waals surface area contributed by atoms with Gasteiger partial charge in [-0.2, -0.15) is 0 Å². The Hall–Kier alpha value is -1.10. The summed E-state index contributed by atoms with van der Waals surface area (Å²) in [5, 5.41) is 31.0. The lowest BCUT2D eigenvalue weighted by molar-refractivity contribution is 0.00460. The van der Waals surface area contributed by atoms with Gasteiger partial charge >= 0.3 is 0 Å². The number of benzene rings is 1. The number of hydrogen-bond acceptors (Lipinski definition) is 4. The molecule has 26 heavy (non-hydrogen) atoms. The van der Waals surface area contributed by atoms with Gasteiger partial charge in [0.25, 0.3) is 0 Å². The molecule has 1 saturated heterocycles. The minimum atomic E-state index is -0.518. The number of hydrogen-bond donors (Lipinski definition) is 3. The lowest BCUT2D eigenvalue weighted by Gasteiger charge is -2.32. The number of aromatic hydroxyl groups is 1. The first-order valence-electron chi connectivity index (χ1n) is 10.4. The Balaban J connectivity index is 1.28. The Bertz CT molecular complexity index is 582. The molecule has 3 unspecified atom stereocenters. The molecular formula is C22H33NO3. The summed E-state index contributed by atoms with van der Waals surface area (Å²) in [6.45, 7) is 2.62. The molecule has 1 heterocycles. The van der Waals surface area contributed by atoms with Crippen molar-refractivity contribution in [1.29, 1.82) is 0 Å². The summed E-state index contributed by atoms with van der Waals surface area (Å²) in [6.07, 6.45) is 9.06. The maximum atomic E-state index is 11.1. The Morgan fingerprint density at radius 1 is 1.00 bits per heavy atom. The molecule has 4 nitrogen and oxygen atoms in total. The molecule has 3 N–H and O–H groups in total. The van der Waals surface area contributed by atoms with E-state index >= 15 is 0 Å². The van der Waals surface area contributed by atoms with Crippen LogP contribution in [0.4, 0.5) is 0 Å². The van der Waals surface area contributed by atoms with Gasteiger partial charge in [0.2, 0.25) is 0 Å². The highest BCUT2D eigenvalue weighted by molar-refractivity contribution is 5.27. The Morgan fingerprint density at radius 2 is 1.62 bits per heavy atom. The molecule has 2 saturated carbocycles. The fourth-order valence-corrected chi connectivity index (χ4v) is 5.85. The largest absolute Gasteiger partial charge is 0.508 e. The summed E-state index contributed by atoms with van der Waals surface area (Å²) in [7, 11) is 0. The van der Waals surface area contributed by atoms with Gasteiger partial charge in [-0.3, -0.25) is 4.90 Å². The summed E-state index contributed by atoms with van der Waals surface area (Å²) in [4.78, 5) is 2.35. The molecule has 3 aliphatic rings. The summed E-state index contributed by atoms with van der Waals surface area (Å²) in [6, 6.07) is 6.84. The standard InChI is InChI=1S/C22H33NO3/c24-20-8-6-17(7-9-20)21(25)15-23-13-18-11-22(26,12-19(18)14-23)10-16-4-2-1-3-5-16/h6-9,16,18-19,21,24-26H,1-5,10-15H2. The van der Waals surface area contributed by atoms with Crippen molar-refractivity contribution < 1.29 is 15.3 Å². The van der Waals surface area contributed by atoms with Crippen molar-refractivity contribution in [2.24, 2.45) is 17.8 Å². The third-order valence-corrected chi connectivity index (χ3v) is 7.04. The molecule has 0 bridgehead atoms. The predicted molar refractivity (Wildman–Crippen MR) is 102 cm³/mol. The van der Waals surface area contributed by atoms with Crippen molar-refractivity contribution in [3.05, 3.63) is 29.8 Å². The minimum Gasteiger partial charge on any atom is -0.508 e. The van der Waals surface area contributed by atoms with Crippen LogP contribution in [0.3, 0.4) is 0 Å². The zero-order chi connectivity index (χ0) is 18.1. The summed E-state index contributed by atoms with van der Waals surface area (Å²) < 4.78 is 0. The Kier molecular flexibility index (Phi) is 5.27. The molecule has 0 amide bonds. The van der Waals surface area contributed by atoms with E-state index in [-0.39, 0.29) is 5.75 Å². The summed E-state index contributed by atoms with van der Waals surface area (Å²) >= 11 is 0. The van der Waals surface area contributed by atoms with Gasteiger partial charge in [-0.15, -0.1) is 0 Å². The molecule has 1 aromatic carbocycles. The molecule has 3 atom stereocenters. The minimum absolute atomic E-state index is 0.230. The second-order valence-corrected chi connectivity index (χ2v) is 9.19. The highest BCUT2D eigenvalue weighted by atomic mass is 16.3. The average Bonchev–Trinajstić information content (AvgIpc) is 3.10. The first-order chi connectivity index (χ1) is 12.5. The van der Waals surface area contributed by atoms with Gasteiger partial charge in [0.15, 0.2) is 0 Å². The highest BCUT2D eigenvalue weighted by Crippen LogP contribution is 2.48. The fraction of sp³-hybridized carbons (Fsp3) is 0.727. The van der Waals surface area contributed by atoms with Crippen LogP contribution in [0.25, 0.3) is 0 Å². The van der Waals surface area contributed by atoms with Crippen molar-refractivity contribution in [3.8, 4) is 5.75 Å². The van der Waals surface area contributed by atoms with Crippen LogP contribution in [0.1, 0.15) is 63.0 Å². The lowest BCUT2D eigenvalue weighted by Crippen LogP contribution is -2.34. The van der Waals surface area contributed by atoms with Crippen molar-refractivity contribution >= 4 is 0 Å². The molecule has 0 spiro atoms. The van der Waals surface area contributed by atoms with E-state index in [9.17, 15) is 15.3 Å². The van der Waals surface area contributed by atoms with Crippen LogP contribution in [-0.4, -0.2) is 45.5 Å². The summed E-state index contributed by atoms with van der Waals surface area (Å²) in [5.74, 6) is 2.13. The van der Waals surface area contributed by atoms with Crippen LogP contribution in [0.15, 0.2) is 24.3 Å². The average molecular weight is 360 g/mol. The van der Waals surface area contributed by atoms with Crippen LogP contribution >= 0.6 is 0 Å². The van der Waals surface area contributed by atoms with E-state index in [2.05, 4.69) is 4.90 Å². The van der Waals surface area contributed by atoms with Crippen LogP contribution < -0.4 is 0 Å². The number of phenolic OH excluding ortho intramolecular Hbond substituents is 1. The van der Waals surface area contributed by atoms with Gasteiger partial charge in [-0.25, -0.2) is 0 Å². The zero-order valence-corrected chi connectivity index (χ0v) is 15.7. The maximum absolute atomic E-state index is 11.1. The first-order valence-corrected chi connectivity index (χ1v) is 10.4. The van der Waals surface area contributed by atoms with E-state index in [1.165, 1.54) is 32.1 Å². The smallest absolute Gasteiger partial charge is 0.115 e. The highest BCUT2D eigenvalue weighted by Gasteiger charge is 2.48. The van der Waals surface area contributed by atoms with Gasteiger partial charge in [0.1, 0.15) is 5.75 Å². The number of aliphatic hydroxyl groups excluding tert-OH is 1. The number of likely N-dealkylation sites (tertiary alicyclic amines) is 1. The van der Waals surface area contributed by atoms with Crippen LogP contribution in [0, 0.1) is 17.8 Å².